The fourth-order valence-electron chi connectivity index (χ4n) is 2.92. The molecule has 1 aromatic heterocycles. The number of benzene rings is 1. The van der Waals surface area contributed by atoms with Gasteiger partial charge in [-0.2, -0.15) is 0 Å². The van der Waals surface area contributed by atoms with E-state index < -0.39 is 0 Å². The maximum Gasteiger partial charge on any atom is 0.272 e. The molecule has 1 unspecified atom stereocenters. The molecule has 0 fully saturated rings. The molecule has 0 radical (unpaired) electrons. The molecule has 0 N–H and O–H groups in total. The van der Waals surface area contributed by atoms with Crippen molar-refractivity contribution in [3.05, 3.63) is 40.3 Å². The molecule has 0 amide bonds. The van der Waals surface area contributed by atoms with Crippen LogP contribution in [0.25, 0.3) is 11.0 Å². The van der Waals surface area contributed by atoms with Crippen LogP contribution >= 0.6 is 0 Å². The van der Waals surface area contributed by atoms with Crippen LogP contribution in [0.5, 0.6) is 0 Å². The van der Waals surface area contributed by atoms with Gasteiger partial charge in [0, 0.05) is 7.05 Å². The zero-order valence-corrected chi connectivity index (χ0v) is 13.1. The second-order valence-corrected chi connectivity index (χ2v) is 6.99. The monoisotopic (exact) mass is 272 g/mol. The van der Waals surface area contributed by atoms with Crippen molar-refractivity contribution in [2.24, 2.45) is 18.4 Å². The molecule has 0 aliphatic carbocycles. The molecule has 0 saturated heterocycles. The Morgan fingerprint density at radius 1 is 1.25 bits per heavy atom. The van der Waals surface area contributed by atoms with Crippen LogP contribution in [0.3, 0.4) is 0 Å². The summed E-state index contributed by atoms with van der Waals surface area (Å²) >= 11 is 0. The molecule has 20 heavy (non-hydrogen) atoms. The lowest BCUT2D eigenvalue weighted by Crippen LogP contribution is -2.25. The summed E-state index contributed by atoms with van der Waals surface area (Å²) in [6, 6.07) is 7.80. The van der Waals surface area contributed by atoms with Crippen LogP contribution in [0, 0.1) is 11.3 Å². The number of aromatic nitrogens is 2. The van der Waals surface area contributed by atoms with E-state index in [0.29, 0.717) is 11.6 Å². The van der Waals surface area contributed by atoms with Crippen molar-refractivity contribution in [2.75, 3.05) is 0 Å². The highest BCUT2D eigenvalue weighted by atomic mass is 16.1. The number of hydrogen-bond acceptors (Lipinski definition) is 2. The summed E-state index contributed by atoms with van der Waals surface area (Å²) in [5.74, 6) is 0.455. The van der Waals surface area contributed by atoms with Crippen molar-refractivity contribution in [1.29, 1.82) is 0 Å². The second kappa shape index (κ2) is 5.39. The average molecular weight is 272 g/mol. The standard InChI is InChI=1S/C17H24N2O/c1-12(11-17(2,3)4)10-14-16(20)19(5)15-9-7-6-8-13(15)18-14/h6-9,12H,10-11H2,1-5H3. The molecular weight excluding hydrogens is 248 g/mol. The normalized spacial score (nSPS) is 13.7. The minimum atomic E-state index is 0.0319. The maximum atomic E-state index is 12.4. The van der Waals surface area contributed by atoms with Crippen molar-refractivity contribution in [3.63, 3.8) is 0 Å². The summed E-state index contributed by atoms with van der Waals surface area (Å²) in [6.45, 7) is 8.89. The van der Waals surface area contributed by atoms with Crippen LogP contribution in [-0.2, 0) is 13.5 Å². The SMILES string of the molecule is CC(Cc1nc2ccccc2n(C)c1=O)CC(C)(C)C. The van der Waals surface area contributed by atoms with E-state index in [1.54, 1.807) is 4.57 Å². The Balaban J connectivity index is 2.36. The van der Waals surface area contributed by atoms with Gasteiger partial charge in [0.2, 0.25) is 0 Å². The Hall–Kier alpha value is -1.64. The second-order valence-electron chi connectivity index (χ2n) is 6.99. The lowest BCUT2D eigenvalue weighted by Gasteiger charge is -2.23. The van der Waals surface area contributed by atoms with Gasteiger partial charge >= 0.3 is 0 Å². The minimum absolute atomic E-state index is 0.0319. The fourth-order valence-corrected chi connectivity index (χ4v) is 2.92. The summed E-state index contributed by atoms with van der Waals surface area (Å²) in [6.07, 6.45) is 1.83. The molecule has 0 bridgehead atoms. The van der Waals surface area contributed by atoms with Gasteiger partial charge in [-0.25, -0.2) is 4.98 Å². The molecule has 0 aliphatic rings. The predicted molar refractivity (Wildman–Crippen MR) is 83.9 cm³/mol. The Morgan fingerprint density at radius 2 is 1.90 bits per heavy atom. The van der Waals surface area contributed by atoms with Crippen molar-refractivity contribution >= 4 is 11.0 Å². The first kappa shape index (κ1) is 14.8. The molecule has 0 saturated carbocycles. The third-order valence-electron chi connectivity index (χ3n) is 3.55. The van der Waals surface area contributed by atoms with Gasteiger partial charge < -0.3 is 4.57 Å². The van der Waals surface area contributed by atoms with Crippen LogP contribution in [0.4, 0.5) is 0 Å². The summed E-state index contributed by atoms with van der Waals surface area (Å²) in [4.78, 5) is 17.0. The lowest BCUT2D eigenvalue weighted by atomic mass is 9.84. The summed E-state index contributed by atoms with van der Waals surface area (Å²) in [5.41, 5.74) is 2.78. The van der Waals surface area contributed by atoms with Crippen LogP contribution in [-0.4, -0.2) is 9.55 Å². The summed E-state index contributed by atoms with van der Waals surface area (Å²) in [7, 11) is 1.82. The minimum Gasteiger partial charge on any atom is -0.308 e. The van der Waals surface area contributed by atoms with E-state index in [0.717, 1.165) is 23.9 Å². The Labute approximate surface area is 120 Å². The third-order valence-corrected chi connectivity index (χ3v) is 3.55. The molecule has 1 aromatic carbocycles. The van der Waals surface area contributed by atoms with Gasteiger partial charge in [-0.05, 0) is 36.3 Å². The first-order valence-electron chi connectivity index (χ1n) is 7.22. The van der Waals surface area contributed by atoms with E-state index in [1.807, 2.05) is 31.3 Å². The quantitative estimate of drug-likeness (QED) is 0.856. The topological polar surface area (TPSA) is 34.9 Å². The van der Waals surface area contributed by atoms with Crippen LogP contribution in [0.15, 0.2) is 29.1 Å². The molecular formula is C17H24N2O. The van der Waals surface area contributed by atoms with Crippen LogP contribution in [0.2, 0.25) is 0 Å². The molecule has 0 spiro atoms. The number of hydrogen-bond donors (Lipinski definition) is 0. The van der Waals surface area contributed by atoms with Crippen LogP contribution < -0.4 is 5.56 Å². The van der Waals surface area contributed by atoms with E-state index in [-0.39, 0.29) is 11.0 Å². The first-order chi connectivity index (χ1) is 9.28. The number of rotatable bonds is 3. The molecule has 2 rings (SSSR count). The van der Waals surface area contributed by atoms with Gasteiger partial charge in [0.25, 0.3) is 5.56 Å². The Kier molecular flexibility index (Phi) is 3.98. The highest BCUT2D eigenvalue weighted by molar-refractivity contribution is 5.74. The average Bonchev–Trinajstić information content (AvgIpc) is 2.33. The molecule has 3 heteroatoms. The van der Waals surface area contributed by atoms with Crippen LogP contribution in [0.1, 0.15) is 39.8 Å². The highest BCUT2D eigenvalue weighted by Crippen LogP contribution is 2.25. The van der Waals surface area contributed by atoms with E-state index >= 15 is 0 Å². The fraction of sp³-hybridized carbons (Fsp3) is 0.529. The first-order valence-corrected chi connectivity index (χ1v) is 7.22. The molecule has 1 atom stereocenters. The zero-order chi connectivity index (χ0) is 14.9. The van der Waals surface area contributed by atoms with Crippen molar-refractivity contribution in [2.45, 2.75) is 40.5 Å². The van der Waals surface area contributed by atoms with E-state index in [2.05, 4.69) is 32.7 Å². The van der Waals surface area contributed by atoms with E-state index in [1.165, 1.54) is 0 Å². The number of fused-ring (bicyclic) bond motifs is 1. The lowest BCUT2D eigenvalue weighted by molar-refractivity contribution is 0.304. The molecule has 1 heterocycles. The van der Waals surface area contributed by atoms with Gasteiger partial charge in [0.15, 0.2) is 0 Å². The van der Waals surface area contributed by atoms with Gasteiger partial charge in [-0.1, -0.05) is 39.8 Å². The molecule has 2 aromatic rings. The van der Waals surface area contributed by atoms with Gasteiger partial charge in [-0.3, -0.25) is 4.79 Å². The maximum absolute atomic E-state index is 12.4. The Morgan fingerprint density at radius 3 is 2.55 bits per heavy atom. The van der Waals surface area contributed by atoms with Crippen molar-refractivity contribution < 1.29 is 0 Å². The van der Waals surface area contributed by atoms with E-state index in [9.17, 15) is 4.79 Å². The van der Waals surface area contributed by atoms with Gasteiger partial charge in [0.1, 0.15) is 5.69 Å². The predicted octanol–water partition coefficient (Wildman–Crippen LogP) is 3.55. The third kappa shape index (κ3) is 3.27. The zero-order valence-electron chi connectivity index (χ0n) is 13.1. The van der Waals surface area contributed by atoms with Crippen molar-refractivity contribution in [1.82, 2.24) is 9.55 Å². The highest BCUT2D eigenvalue weighted by Gasteiger charge is 2.18. The number of nitrogens with zero attached hydrogens (tertiary/aromatic N) is 2. The van der Waals surface area contributed by atoms with Gasteiger partial charge in [-0.15, -0.1) is 0 Å². The Bertz CT molecular complexity index is 665. The molecule has 3 nitrogen and oxygen atoms in total. The smallest absolute Gasteiger partial charge is 0.272 e. The summed E-state index contributed by atoms with van der Waals surface area (Å²) < 4.78 is 1.71. The number of aryl methyl sites for hydroxylation is 1. The summed E-state index contributed by atoms with van der Waals surface area (Å²) in [5, 5.41) is 0. The largest absolute Gasteiger partial charge is 0.308 e. The molecule has 108 valence electrons. The number of para-hydroxylation sites is 2. The molecule has 0 aliphatic heterocycles. The van der Waals surface area contributed by atoms with Crippen molar-refractivity contribution in [3.8, 4) is 0 Å². The van der Waals surface area contributed by atoms with Gasteiger partial charge in [0.05, 0.1) is 11.0 Å². The van der Waals surface area contributed by atoms with E-state index in [4.69, 9.17) is 0 Å².